The van der Waals surface area contributed by atoms with Crippen molar-refractivity contribution in [1.82, 2.24) is 10.3 Å². The summed E-state index contributed by atoms with van der Waals surface area (Å²) in [5, 5.41) is 6.25. The van der Waals surface area contributed by atoms with E-state index in [1.54, 1.807) is 6.20 Å². The number of rotatable bonds is 3. The first-order chi connectivity index (χ1) is 9.83. The largest absolute Gasteiger partial charge is 0.444 e. The number of oxazole rings is 1. The molecule has 21 heavy (non-hydrogen) atoms. The lowest BCUT2D eigenvalue weighted by molar-refractivity contribution is -0.120. The SMILES string of the molecule is Cl.O=C(Nc1cccc(-c2cnco2)c1)C1CCNCC1. The van der Waals surface area contributed by atoms with Crippen LogP contribution in [-0.4, -0.2) is 24.0 Å². The number of hydrogen-bond acceptors (Lipinski definition) is 4. The minimum Gasteiger partial charge on any atom is -0.444 e. The fraction of sp³-hybridized carbons (Fsp3) is 0.333. The second-order valence-electron chi connectivity index (χ2n) is 4.96. The van der Waals surface area contributed by atoms with Crippen LogP contribution in [-0.2, 0) is 4.79 Å². The van der Waals surface area contributed by atoms with E-state index in [4.69, 9.17) is 4.42 Å². The number of piperidine rings is 1. The quantitative estimate of drug-likeness (QED) is 0.915. The minimum atomic E-state index is 0. The van der Waals surface area contributed by atoms with Gasteiger partial charge in [-0.1, -0.05) is 12.1 Å². The Morgan fingerprint density at radius 3 is 2.86 bits per heavy atom. The maximum atomic E-state index is 12.2. The van der Waals surface area contributed by atoms with E-state index in [1.807, 2.05) is 24.3 Å². The maximum absolute atomic E-state index is 12.2. The second kappa shape index (κ2) is 7.24. The normalized spacial score (nSPS) is 15.2. The number of nitrogens with zero attached hydrogens (tertiary/aromatic N) is 1. The number of hydrogen-bond donors (Lipinski definition) is 2. The van der Waals surface area contributed by atoms with Gasteiger partial charge in [-0.05, 0) is 38.1 Å². The first-order valence-electron chi connectivity index (χ1n) is 6.83. The van der Waals surface area contributed by atoms with E-state index in [2.05, 4.69) is 15.6 Å². The smallest absolute Gasteiger partial charge is 0.227 e. The lowest BCUT2D eigenvalue weighted by Crippen LogP contribution is -2.34. The molecule has 2 N–H and O–H groups in total. The van der Waals surface area contributed by atoms with Gasteiger partial charge in [0.25, 0.3) is 0 Å². The summed E-state index contributed by atoms with van der Waals surface area (Å²) in [6.07, 6.45) is 4.85. The van der Waals surface area contributed by atoms with Gasteiger partial charge in [0.2, 0.25) is 5.91 Å². The van der Waals surface area contributed by atoms with E-state index in [9.17, 15) is 4.79 Å². The van der Waals surface area contributed by atoms with Gasteiger partial charge in [-0.25, -0.2) is 4.98 Å². The second-order valence-corrected chi connectivity index (χ2v) is 4.96. The molecule has 6 heteroatoms. The number of carbonyl (C=O) groups excluding carboxylic acids is 1. The van der Waals surface area contributed by atoms with E-state index in [1.165, 1.54) is 6.39 Å². The molecule has 1 amide bonds. The van der Waals surface area contributed by atoms with Crippen LogP contribution in [0.25, 0.3) is 11.3 Å². The van der Waals surface area contributed by atoms with E-state index >= 15 is 0 Å². The van der Waals surface area contributed by atoms with Gasteiger partial charge in [-0.15, -0.1) is 12.4 Å². The van der Waals surface area contributed by atoms with Crippen LogP contribution in [0.1, 0.15) is 12.8 Å². The Kier molecular flexibility index (Phi) is 5.36. The zero-order chi connectivity index (χ0) is 13.8. The average Bonchev–Trinajstić information content (AvgIpc) is 3.03. The highest BCUT2D eigenvalue weighted by atomic mass is 35.5. The van der Waals surface area contributed by atoms with Crippen LogP contribution >= 0.6 is 12.4 Å². The molecular weight excluding hydrogens is 290 g/mol. The maximum Gasteiger partial charge on any atom is 0.227 e. The molecule has 0 spiro atoms. The molecule has 0 bridgehead atoms. The molecule has 0 radical (unpaired) electrons. The van der Waals surface area contributed by atoms with Crippen LogP contribution in [0.15, 0.2) is 41.3 Å². The Morgan fingerprint density at radius 1 is 1.33 bits per heavy atom. The van der Waals surface area contributed by atoms with Gasteiger partial charge in [0.1, 0.15) is 0 Å². The van der Waals surface area contributed by atoms with Crippen LogP contribution in [0, 0.1) is 5.92 Å². The van der Waals surface area contributed by atoms with Crippen molar-refractivity contribution in [3.63, 3.8) is 0 Å². The Morgan fingerprint density at radius 2 is 2.14 bits per heavy atom. The molecule has 112 valence electrons. The third-order valence-electron chi connectivity index (χ3n) is 3.56. The van der Waals surface area contributed by atoms with Crippen LogP contribution in [0.4, 0.5) is 5.69 Å². The zero-order valence-electron chi connectivity index (χ0n) is 11.5. The van der Waals surface area contributed by atoms with Crippen LogP contribution < -0.4 is 10.6 Å². The van der Waals surface area contributed by atoms with Crippen molar-refractivity contribution < 1.29 is 9.21 Å². The van der Waals surface area contributed by atoms with Crippen molar-refractivity contribution >= 4 is 24.0 Å². The third kappa shape index (κ3) is 3.83. The predicted molar refractivity (Wildman–Crippen MR) is 83.4 cm³/mol. The van der Waals surface area contributed by atoms with Crippen molar-refractivity contribution in [2.75, 3.05) is 18.4 Å². The molecule has 1 fully saturated rings. The van der Waals surface area contributed by atoms with Crippen LogP contribution in [0.3, 0.4) is 0 Å². The number of carbonyl (C=O) groups is 1. The van der Waals surface area contributed by atoms with Gasteiger partial charge in [0, 0.05) is 17.2 Å². The zero-order valence-corrected chi connectivity index (χ0v) is 12.4. The van der Waals surface area contributed by atoms with E-state index < -0.39 is 0 Å². The predicted octanol–water partition coefficient (Wildman–Crippen LogP) is 2.70. The molecule has 0 aliphatic carbocycles. The Hall–Kier alpha value is -1.85. The molecular formula is C15H18ClN3O2. The van der Waals surface area contributed by atoms with Gasteiger partial charge in [0.15, 0.2) is 12.2 Å². The first-order valence-corrected chi connectivity index (χ1v) is 6.83. The summed E-state index contributed by atoms with van der Waals surface area (Å²) in [5.41, 5.74) is 1.70. The van der Waals surface area contributed by atoms with Crippen molar-refractivity contribution in [3.05, 3.63) is 36.9 Å². The fourth-order valence-electron chi connectivity index (χ4n) is 2.44. The van der Waals surface area contributed by atoms with Gasteiger partial charge in [0.05, 0.1) is 6.20 Å². The summed E-state index contributed by atoms with van der Waals surface area (Å²) in [7, 11) is 0. The Bertz CT molecular complexity index is 580. The number of nitrogens with one attached hydrogen (secondary N) is 2. The van der Waals surface area contributed by atoms with Gasteiger partial charge < -0.3 is 15.1 Å². The van der Waals surface area contributed by atoms with E-state index in [0.29, 0.717) is 5.76 Å². The van der Waals surface area contributed by atoms with Crippen LogP contribution in [0.2, 0.25) is 0 Å². The van der Waals surface area contributed by atoms with Gasteiger partial charge in [-0.3, -0.25) is 4.79 Å². The Labute approximate surface area is 129 Å². The van der Waals surface area contributed by atoms with Crippen molar-refractivity contribution in [3.8, 4) is 11.3 Å². The first kappa shape index (κ1) is 15.5. The summed E-state index contributed by atoms with van der Waals surface area (Å²) in [6.45, 7) is 1.83. The minimum absolute atomic E-state index is 0. The molecule has 5 nitrogen and oxygen atoms in total. The summed E-state index contributed by atoms with van der Waals surface area (Å²) in [4.78, 5) is 16.1. The number of amides is 1. The number of benzene rings is 1. The number of anilines is 1. The summed E-state index contributed by atoms with van der Waals surface area (Å²) in [6, 6.07) is 7.62. The standard InChI is InChI=1S/C15H17N3O2.ClH/c19-15(11-4-6-16-7-5-11)18-13-3-1-2-12(8-13)14-9-17-10-20-14;/h1-3,8-11,16H,4-7H2,(H,18,19);1H. The van der Waals surface area contributed by atoms with E-state index in [-0.39, 0.29) is 24.2 Å². The van der Waals surface area contributed by atoms with Gasteiger partial charge >= 0.3 is 0 Å². The molecule has 1 saturated heterocycles. The highest BCUT2D eigenvalue weighted by Crippen LogP contribution is 2.23. The molecule has 0 atom stereocenters. The third-order valence-corrected chi connectivity index (χ3v) is 3.56. The molecule has 2 heterocycles. The molecule has 1 aliphatic rings. The van der Waals surface area contributed by atoms with Crippen molar-refractivity contribution in [2.24, 2.45) is 5.92 Å². The summed E-state index contributed by atoms with van der Waals surface area (Å²) in [5.74, 6) is 0.898. The summed E-state index contributed by atoms with van der Waals surface area (Å²) >= 11 is 0. The topological polar surface area (TPSA) is 67.2 Å². The monoisotopic (exact) mass is 307 g/mol. The molecule has 1 aliphatic heterocycles. The molecule has 0 unspecified atom stereocenters. The van der Waals surface area contributed by atoms with Crippen molar-refractivity contribution in [1.29, 1.82) is 0 Å². The van der Waals surface area contributed by atoms with Gasteiger partial charge in [-0.2, -0.15) is 0 Å². The highest BCUT2D eigenvalue weighted by molar-refractivity contribution is 5.93. The average molecular weight is 308 g/mol. The molecule has 3 rings (SSSR count). The molecule has 1 aromatic heterocycles. The molecule has 1 aromatic carbocycles. The summed E-state index contributed by atoms with van der Waals surface area (Å²) < 4.78 is 5.26. The van der Waals surface area contributed by atoms with Crippen molar-refractivity contribution in [2.45, 2.75) is 12.8 Å². The Balaban J connectivity index is 0.00000161. The molecule has 2 aromatic rings. The molecule has 0 saturated carbocycles. The number of aromatic nitrogens is 1. The van der Waals surface area contributed by atoms with E-state index in [0.717, 1.165) is 37.2 Å². The lowest BCUT2D eigenvalue weighted by Gasteiger charge is -2.21. The fourth-order valence-corrected chi connectivity index (χ4v) is 2.44. The van der Waals surface area contributed by atoms with Crippen LogP contribution in [0.5, 0.6) is 0 Å². The highest BCUT2D eigenvalue weighted by Gasteiger charge is 2.20. The lowest BCUT2D eigenvalue weighted by atomic mass is 9.97. The number of halogens is 1.